The molecule has 84 valence electrons. The first kappa shape index (κ1) is 12.2. The van der Waals surface area contributed by atoms with Crippen LogP contribution in [0, 0.1) is 6.92 Å². The lowest BCUT2D eigenvalue weighted by Crippen LogP contribution is -1.89. The first-order valence-corrected chi connectivity index (χ1v) is 4.91. The minimum Gasteiger partial charge on any atom is -0.478 e. The Kier molecular flexibility index (Phi) is 4.48. The second-order valence-electron chi connectivity index (χ2n) is 3.42. The summed E-state index contributed by atoms with van der Waals surface area (Å²) in [5.41, 5.74) is 2.82. The molecule has 3 heteroatoms. The van der Waals surface area contributed by atoms with E-state index in [0.29, 0.717) is 0 Å². The molecule has 0 aliphatic heterocycles. The van der Waals surface area contributed by atoms with Gasteiger partial charge in [0.1, 0.15) is 0 Å². The summed E-state index contributed by atoms with van der Waals surface area (Å²) in [5.74, 6) is -0.976. The van der Waals surface area contributed by atoms with E-state index in [1.165, 1.54) is 6.08 Å². The molecule has 0 unspecified atom stereocenters. The molecule has 16 heavy (non-hydrogen) atoms. The van der Waals surface area contributed by atoms with Crippen LogP contribution >= 0.6 is 0 Å². The van der Waals surface area contributed by atoms with E-state index >= 15 is 0 Å². The number of carbonyl (C=O) groups is 1. The maximum atomic E-state index is 10.2. The Balaban J connectivity index is 2.87. The van der Waals surface area contributed by atoms with Gasteiger partial charge in [0, 0.05) is 6.08 Å². The minimum absolute atomic E-state index is 0.0252. The Morgan fingerprint density at radius 3 is 2.75 bits per heavy atom. The van der Waals surface area contributed by atoms with Crippen molar-refractivity contribution < 1.29 is 15.0 Å². The monoisotopic (exact) mass is 218 g/mol. The zero-order chi connectivity index (χ0) is 12.0. The van der Waals surface area contributed by atoms with Crippen molar-refractivity contribution in [2.24, 2.45) is 0 Å². The quantitative estimate of drug-likeness (QED) is 0.601. The summed E-state index contributed by atoms with van der Waals surface area (Å²) in [5, 5.41) is 17.5. The fourth-order valence-corrected chi connectivity index (χ4v) is 1.31. The van der Waals surface area contributed by atoms with Gasteiger partial charge in [0.05, 0.1) is 6.61 Å². The molecular weight excluding hydrogens is 204 g/mol. The number of hydrogen-bond acceptors (Lipinski definition) is 2. The first-order valence-electron chi connectivity index (χ1n) is 4.91. The third-order valence-corrected chi connectivity index (χ3v) is 2.10. The standard InChI is InChI=1S/C13H14O3/c1-10-6-7-12(9-14)11(8-10)4-2-3-5-13(15)16/h2-8,14H,9H2,1H3,(H,15,16)/b4-2+,5-3+. The minimum atomic E-state index is -0.976. The van der Waals surface area contributed by atoms with E-state index in [2.05, 4.69) is 0 Å². The molecule has 0 bridgehead atoms. The van der Waals surface area contributed by atoms with Crippen LogP contribution in [-0.4, -0.2) is 16.2 Å². The molecule has 0 atom stereocenters. The van der Waals surface area contributed by atoms with Gasteiger partial charge in [-0.25, -0.2) is 4.79 Å². The maximum Gasteiger partial charge on any atom is 0.328 e. The van der Waals surface area contributed by atoms with Crippen LogP contribution in [-0.2, 0) is 11.4 Å². The van der Waals surface area contributed by atoms with Gasteiger partial charge in [-0.1, -0.05) is 42.0 Å². The van der Waals surface area contributed by atoms with Crippen molar-refractivity contribution in [2.75, 3.05) is 0 Å². The molecule has 3 nitrogen and oxygen atoms in total. The third kappa shape index (κ3) is 3.71. The molecule has 0 saturated heterocycles. The third-order valence-electron chi connectivity index (χ3n) is 2.10. The highest BCUT2D eigenvalue weighted by atomic mass is 16.4. The molecule has 0 fully saturated rings. The Labute approximate surface area is 94.4 Å². The van der Waals surface area contributed by atoms with Crippen LogP contribution in [0.2, 0.25) is 0 Å². The number of allylic oxidation sites excluding steroid dienone is 2. The lowest BCUT2D eigenvalue weighted by Gasteiger charge is -2.03. The van der Waals surface area contributed by atoms with E-state index in [-0.39, 0.29) is 6.61 Å². The van der Waals surface area contributed by atoms with Crippen molar-refractivity contribution >= 4 is 12.0 Å². The SMILES string of the molecule is Cc1ccc(CO)c(/C=C/C=C/C(=O)O)c1. The number of aryl methyl sites for hydroxylation is 1. The molecule has 0 radical (unpaired) electrons. The lowest BCUT2D eigenvalue weighted by molar-refractivity contribution is -0.131. The Hall–Kier alpha value is -1.87. The van der Waals surface area contributed by atoms with Gasteiger partial charge in [0.25, 0.3) is 0 Å². The van der Waals surface area contributed by atoms with Gasteiger partial charge in [-0.05, 0) is 18.1 Å². The van der Waals surface area contributed by atoms with Crippen LogP contribution in [0.15, 0.2) is 36.4 Å². The first-order chi connectivity index (χ1) is 7.63. The molecule has 1 aromatic rings. The Bertz CT molecular complexity index is 431. The van der Waals surface area contributed by atoms with Gasteiger partial charge < -0.3 is 10.2 Å². The number of aliphatic hydroxyl groups is 1. The van der Waals surface area contributed by atoms with E-state index in [4.69, 9.17) is 10.2 Å². The van der Waals surface area contributed by atoms with Crippen LogP contribution in [0.5, 0.6) is 0 Å². The molecule has 1 rings (SSSR count). The van der Waals surface area contributed by atoms with Gasteiger partial charge in [0.2, 0.25) is 0 Å². The van der Waals surface area contributed by atoms with Crippen molar-refractivity contribution in [3.05, 3.63) is 53.1 Å². The highest BCUT2D eigenvalue weighted by Crippen LogP contribution is 2.13. The van der Waals surface area contributed by atoms with Gasteiger partial charge in [-0.2, -0.15) is 0 Å². The van der Waals surface area contributed by atoms with Crippen molar-refractivity contribution in [1.29, 1.82) is 0 Å². The van der Waals surface area contributed by atoms with Crippen molar-refractivity contribution in [1.82, 2.24) is 0 Å². The molecule has 1 aromatic carbocycles. The summed E-state index contributed by atoms with van der Waals surface area (Å²) in [6.07, 6.45) is 5.93. The van der Waals surface area contributed by atoms with Crippen LogP contribution in [0.25, 0.3) is 6.08 Å². The van der Waals surface area contributed by atoms with Crippen molar-refractivity contribution in [3.63, 3.8) is 0 Å². The number of aliphatic hydroxyl groups excluding tert-OH is 1. The highest BCUT2D eigenvalue weighted by Gasteiger charge is 1.97. The van der Waals surface area contributed by atoms with E-state index in [1.54, 1.807) is 12.2 Å². The summed E-state index contributed by atoms with van der Waals surface area (Å²) in [7, 11) is 0. The van der Waals surface area contributed by atoms with Gasteiger partial charge in [-0.3, -0.25) is 0 Å². The normalized spacial score (nSPS) is 11.4. The van der Waals surface area contributed by atoms with E-state index in [1.807, 2.05) is 25.1 Å². The lowest BCUT2D eigenvalue weighted by atomic mass is 10.0. The highest BCUT2D eigenvalue weighted by molar-refractivity contribution is 5.80. The molecule has 0 amide bonds. The summed E-state index contributed by atoms with van der Waals surface area (Å²) in [6, 6.07) is 5.72. The number of aliphatic carboxylic acids is 1. The fraction of sp³-hybridized carbons (Fsp3) is 0.154. The van der Waals surface area contributed by atoms with Crippen LogP contribution in [0.4, 0.5) is 0 Å². The number of benzene rings is 1. The fourth-order valence-electron chi connectivity index (χ4n) is 1.31. The van der Waals surface area contributed by atoms with Gasteiger partial charge in [0.15, 0.2) is 0 Å². The number of hydrogen-bond donors (Lipinski definition) is 2. The second kappa shape index (κ2) is 5.88. The molecule has 0 aromatic heterocycles. The number of carboxylic acid groups (broad SMARTS) is 1. The predicted molar refractivity (Wildman–Crippen MR) is 62.9 cm³/mol. The van der Waals surface area contributed by atoms with Crippen LogP contribution < -0.4 is 0 Å². The molecule has 2 N–H and O–H groups in total. The molecule has 0 spiro atoms. The Morgan fingerprint density at radius 1 is 1.38 bits per heavy atom. The number of carboxylic acids is 1. The zero-order valence-electron chi connectivity index (χ0n) is 9.05. The largest absolute Gasteiger partial charge is 0.478 e. The topological polar surface area (TPSA) is 57.5 Å². The number of rotatable bonds is 4. The summed E-state index contributed by atoms with van der Waals surface area (Å²) in [4.78, 5) is 10.2. The van der Waals surface area contributed by atoms with Crippen molar-refractivity contribution in [2.45, 2.75) is 13.5 Å². The summed E-state index contributed by atoms with van der Waals surface area (Å²) >= 11 is 0. The smallest absolute Gasteiger partial charge is 0.328 e. The van der Waals surface area contributed by atoms with Crippen LogP contribution in [0.3, 0.4) is 0 Å². The van der Waals surface area contributed by atoms with Gasteiger partial charge in [-0.15, -0.1) is 0 Å². The predicted octanol–water partition coefficient (Wildman–Crippen LogP) is 2.14. The van der Waals surface area contributed by atoms with E-state index in [0.717, 1.165) is 22.8 Å². The van der Waals surface area contributed by atoms with Gasteiger partial charge >= 0.3 is 5.97 Å². The molecule has 0 heterocycles. The average molecular weight is 218 g/mol. The maximum absolute atomic E-state index is 10.2. The molecule has 0 aliphatic rings. The van der Waals surface area contributed by atoms with E-state index in [9.17, 15) is 4.79 Å². The molecule has 0 aliphatic carbocycles. The molecular formula is C13H14O3. The van der Waals surface area contributed by atoms with E-state index < -0.39 is 5.97 Å². The summed E-state index contributed by atoms with van der Waals surface area (Å²) < 4.78 is 0. The second-order valence-corrected chi connectivity index (χ2v) is 3.42. The average Bonchev–Trinajstić information content (AvgIpc) is 2.24. The molecule has 0 saturated carbocycles. The van der Waals surface area contributed by atoms with Crippen LogP contribution in [0.1, 0.15) is 16.7 Å². The summed E-state index contributed by atoms with van der Waals surface area (Å²) in [6.45, 7) is 1.94. The zero-order valence-corrected chi connectivity index (χ0v) is 9.05. The van der Waals surface area contributed by atoms with Crippen molar-refractivity contribution in [3.8, 4) is 0 Å². The Morgan fingerprint density at radius 2 is 2.12 bits per heavy atom.